The molecule has 3 aromatic rings. The van der Waals surface area contributed by atoms with Crippen molar-refractivity contribution in [3.63, 3.8) is 0 Å². The average Bonchev–Trinajstić information content (AvgIpc) is 2.76. The average molecular weight is 391 g/mol. The van der Waals surface area contributed by atoms with Crippen LogP contribution in [0, 0.1) is 0 Å². The molecule has 0 saturated carbocycles. The Bertz CT molecular complexity index is 934. The van der Waals surface area contributed by atoms with Crippen LogP contribution in [0.3, 0.4) is 0 Å². The van der Waals surface area contributed by atoms with Crippen molar-refractivity contribution in [1.82, 2.24) is 9.88 Å². The summed E-state index contributed by atoms with van der Waals surface area (Å²) in [6.07, 6.45) is 3.53. The second-order valence-corrected chi connectivity index (χ2v) is 8.02. The number of hydrogen-bond donors (Lipinski definition) is 1. The second kappa shape index (κ2) is 8.93. The highest BCUT2D eigenvalue weighted by molar-refractivity contribution is 5.83. The summed E-state index contributed by atoms with van der Waals surface area (Å²) in [5.74, 6) is 0.642. The molecule has 0 aliphatic carbocycles. The number of hydrogen-bond acceptors (Lipinski definition) is 4. The number of rotatable bonds is 7. The van der Waals surface area contributed by atoms with Crippen LogP contribution in [0.5, 0.6) is 5.88 Å². The molecule has 4 rings (SSSR count). The van der Waals surface area contributed by atoms with Crippen LogP contribution in [0.2, 0.25) is 0 Å². The first kappa shape index (κ1) is 19.9. The monoisotopic (exact) mass is 390 g/mol. The van der Waals surface area contributed by atoms with Gasteiger partial charge in [0.1, 0.15) is 0 Å². The highest BCUT2D eigenvalue weighted by Crippen LogP contribution is 2.37. The molecule has 2 aromatic carbocycles. The van der Waals surface area contributed by atoms with Crippen LogP contribution < -0.4 is 4.74 Å². The van der Waals surface area contributed by atoms with Crippen molar-refractivity contribution in [1.29, 1.82) is 0 Å². The van der Waals surface area contributed by atoms with Gasteiger partial charge in [0.25, 0.3) is 0 Å². The highest BCUT2D eigenvalue weighted by Gasteiger charge is 2.35. The third kappa shape index (κ3) is 4.60. The van der Waals surface area contributed by atoms with E-state index in [0.29, 0.717) is 25.3 Å². The Morgan fingerprint density at radius 3 is 2.55 bits per heavy atom. The summed E-state index contributed by atoms with van der Waals surface area (Å²) < 4.78 is 5.81. The quantitative estimate of drug-likeness (QED) is 0.583. The number of benzene rings is 2. The van der Waals surface area contributed by atoms with Gasteiger partial charge in [0, 0.05) is 36.7 Å². The van der Waals surface area contributed by atoms with E-state index < -0.39 is 5.60 Å². The normalized spacial score (nSPS) is 16.8. The lowest BCUT2D eigenvalue weighted by atomic mass is 9.83. The van der Waals surface area contributed by atoms with Crippen molar-refractivity contribution in [3.05, 3.63) is 71.8 Å². The minimum Gasteiger partial charge on any atom is -0.478 e. The van der Waals surface area contributed by atoms with Crippen molar-refractivity contribution in [2.24, 2.45) is 0 Å². The molecule has 1 saturated heterocycles. The molecule has 1 fully saturated rings. The Balaban J connectivity index is 1.52. The predicted octanol–water partition coefficient (Wildman–Crippen LogP) is 4.90. The summed E-state index contributed by atoms with van der Waals surface area (Å²) in [5, 5.41) is 12.6. The summed E-state index contributed by atoms with van der Waals surface area (Å²) in [6, 6.07) is 20.6. The number of likely N-dealkylation sites (tertiary alicyclic amines) is 1. The van der Waals surface area contributed by atoms with Crippen LogP contribution in [0.15, 0.2) is 60.7 Å². The number of unbranched alkanes of at least 4 members (excludes halogenated alkanes) is 1. The van der Waals surface area contributed by atoms with E-state index in [1.165, 1.54) is 5.56 Å². The minimum atomic E-state index is -0.845. The molecule has 1 aliphatic heterocycles. The Kier molecular flexibility index (Phi) is 6.12. The highest BCUT2D eigenvalue weighted by atomic mass is 16.5. The Morgan fingerprint density at radius 2 is 1.79 bits per heavy atom. The topological polar surface area (TPSA) is 45.6 Å². The fourth-order valence-electron chi connectivity index (χ4n) is 4.10. The molecular weight excluding hydrogens is 360 g/mol. The van der Waals surface area contributed by atoms with E-state index in [9.17, 15) is 5.11 Å². The first-order valence-electron chi connectivity index (χ1n) is 10.7. The van der Waals surface area contributed by atoms with Gasteiger partial charge in [-0.2, -0.15) is 0 Å². The van der Waals surface area contributed by atoms with Gasteiger partial charge in [-0.3, -0.25) is 4.90 Å². The number of aromatic nitrogens is 1. The fraction of sp³-hybridized carbons (Fsp3) is 0.400. The van der Waals surface area contributed by atoms with Crippen molar-refractivity contribution in [3.8, 4) is 5.88 Å². The lowest BCUT2D eigenvalue weighted by Crippen LogP contribution is -2.42. The number of aliphatic hydroxyl groups is 1. The summed E-state index contributed by atoms with van der Waals surface area (Å²) in [6.45, 7) is 5.49. The fourth-order valence-corrected chi connectivity index (χ4v) is 4.10. The van der Waals surface area contributed by atoms with Crippen LogP contribution in [-0.4, -0.2) is 34.7 Å². The molecule has 0 bridgehead atoms. The minimum absolute atomic E-state index is 0.642. The van der Waals surface area contributed by atoms with Gasteiger partial charge in [-0.05, 0) is 30.9 Å². The van der Waals surface area contributed by atoms with E-state index in [0.717, 1.165) is 48.9 Å². The zero-order valence-corrected chi connectivity index (χ0v) is 17.2. The maximum absolute atomic E-state index is 11.5. The molecule has 0 amide bonds. The molecule has 29 heavy (non-hydrogen) atoms. The molecule has 0 unspecified atom stereocenters. The van der Waals surface area contributed by atoms with Crippen LogP contribution in [0.25, 0.3) is 10.9 Å². The maximum Gasteiger partial charge on any atom is 0.213 e. The van der Waals surface area contributed by atoms with Crippen molar-refractivity contribution in [2.75, 3.05) is 19.7 Å². The molecule has 1 aromatic heterocycles. The van der Waals surface area contributed by atoms with Gasteiger partial charge in [-0.1, -0.05) is 61.9 Å². The summed E-state index contributed by atoms with van der Waals surface area (Å²) in [5.41, 5.74) is 2.26. The van der Waals surface area contributed by atoms with Crippen molar-refractivity contribution < 1.29 is 9.84 Å². The van der Waals surface area contributed by atoms with E-state index in [2.05, 4.69) is 42.2 Å². The molecule has 1 aliphatic rings. The van der Waals surface area contributed by atoms with E-state index in [1.54, 1.807) is 0 Å². The van der Waals surface area contributed by atoms with E-state index >= 15 is 0 Å². The molecule has 2 heterocycles. The number of fused-ring (bicyclic) bond motifs is 1. The molecule has 4 heteroatoms. The van der Waals surface area contributed by atoms with Crippen LogP contribution >= 0.6 is 0 Å². The molecule has 4 nitrogen and oxygen atoms in total. The summed E-state index contributed by atoms with van der Waals surface area (Å²) in [7, 11) is 0. The predicted molar refractivity (Wildman–Crippen MR) is 117 cm³/mol. The van der Waals surface area contributed by atoms with Gasteiger partial charge < -0.3 is 9.84 Å². The number of piperidine rings is 1. The lowest BCUT2D eigenvalue weighted by Gasteiger charge is -2.38. The van der Waals surface area contributed by atoms with Gasteiger partial charge in [0.15, 0.2) is 0 Å². The molecule has 152 valence electrons. The molecule has 0 radical (unpaired) electrons. The Hall–Kier alpha value is -2.43. The summed E-state index contributed by atoms with van der Waals surface area (Å²) >= 11 is 0. The van der Waals surface area contributed by atoms with Gasteiger partial charge in [0.05, 0.1) is 17.7 Å². The zero-order valence-electron chi connectivity index (χ0n) is 17.2. The first-order valence-corrected chi connectivity index (χ1v) is 10.7. The molecule has 0 spiro atoms. The van der Waals surface area contributed by atoms with Gasteiger partial charge in [-0.25, -0.2) is 4.98 Å². The van der Waals surface area contributed by atoms with Crippen LogP contribution in [0.4, 0.5) is 0 Å². The van der Waals surface area contributed by atoms with Crippen molar-refractivity contribution >= 4 is 10.9 Å². The number of para-hydroxylation sites is 1. The third-order valence-corrected chi connectivity index (χ3v) is 5.88. The molecule has 0 atom stereocenters. The second-order valence-electron chi connectivity index (χ2n) is 8.02. The third-order valence-electron chi connectivity index (χ3n) is 5.88. The number of pyridine rings is 1. The Morgan fingerprint density at radius 1 is 1.00 bits per heavy atom. The van der Waals surface area contributed by atoms with E-state index in [4.69, 9.17) is 9.72 Å². The largest absolute Gasteiger partial charge is 0.478 e. The van der Waals surface area contributed by atoms with Crippen LogP contribution in [0.1, 0.15) is 43.7 Å². The van der Waals surface area contributed by atoms with Gasteiger partial charge in [0.2, 0.25) is 5.88 Å². The number of nitrogens with zero attached hydrogens (tertiary/aromatic N) is 2. The van der Waals surface area contributed by atoms with Crippen molar-refractivity contribution in [2.45, 2.75) is 44.8 Å². The lowest BCUT2D eigenvalue weighted by molar-refractivity contribution is -0.0267. The smallest absolute Gasteiger partial charge is 0.213 e. The Labute approximate surface area is 173 Å². The standard InChI is InChI=1S/C25H30N2O2/c1-2-3-18-29-23-13-12-21-10-7-11-22(24(21)26-23)25(28)14-16-27(17-15-25)19-20-8-5-4-6-9-20/h4-13,28H,2-3,14-19H2,1H3. The van der Waals surface area contributed by atoms with E-state index in [1.807, 2.05) is 30.3 Å². The molecule has 1 N–H and O–H groups in total. The SMILES string of the molecule is CCCCOc1ccc2cccc(C3(O)CCN(Cc4ccccc4)CC3)c2n1. The number of ether oxygens (including phenoxy) is 1. The van der Waals surface area contributed by atoms with Crippen LogP contribution in [-0.2, 0) is 12.1 Å². The first-order chi connectivity index (χ1) is 14.2. The maximum atomic E-state index is 11.5. The van der Waals surface area contributed by atoms with E-state index in [-0.39, 0.29) is 0 Å². The van der Waals surface area contributed by atoms with Gasteiger partial charge >= 0.3 is 0 Å². The zero-order chi connectivity index (χ0) is 20.1. The summed E-state index contributed by atoms with van der Waals surface area (Å²) in [4.78, 5) is 7.18. The molecular formula is C25H30N2O2. The van der Waals surface area contributed by atoms with Gasteiger partial charge in [-0.15, -0.1) is 0 Å².